The third kappa shape index (κ3) is 3.14. The summed E-state index contributed by atoms with van der Waals surface area (Å²) in [4.78, 5) is 0.385. The van der Waals surface area contributed by atoms with E-state index in [0.29, 0.717) is 30.2 Å². The second kappa shape index (κ2) is 5.70. The number of rotatable bonds is 5. The first-order valence-electron chi connectivity index (χ1n) is 7.38. The van der Waals surface area contributed by atoms with Crippen molar-refractivity contribution in [1.82, 2.24) is 19.4 Å². The molecular weight excluding hydrogens is 288 g/mol. The Balaban J connectivity index is 2.35. The van der Waals surface area contributed by atoms with Gasteiger partial charge in [-0.2, -0.15) is 9.40 Å². The highest BCUT2D eigenvalue weighted by molar-refractivity contribution is 7.89. The fourth-order valence-electron chi connectivity index (χ4n) is 2.89. The molecule has 0 unspecified atom stereocenters. The van der Waals surface area contributed by atoms with E-state index in [1.54, 1.807) is 15.9 Å². The number of sulfonamides is 1. The number of likely N-dealkylation sites (N-methyl/N-ethyl adjacent to an activating group) is 1. The van der Waals surface area contributed by atoms with Crippen molar-refractivity contribution in [2.75, 3.05) is 26.7 Å². The second-order valence-corrected chi connectivity index (χ2v) is 8.45. The van der Waals surface area contributed by atoms with Crippen LogP contribution in [0.4, 0.5) is 0 Å². The topological polar surface area (TPSA) is 67.2 Å². The molecule has 1 aromatic rings. The molecule has 1 fully saturated rings. The third-order valence-corrected chi connectivity index (χ3v) is 6.23. The van der Waals surface area contributed by atoms with Crippen LogP contribution >= 0.6 is 0 Å². The summed E-state index contributed by atoms with van der Waals surface area (Å²) in [7, 11) is -1.58. The van der Waals surface area contributed by atoms with Crippen LogP contribution in [0, 0.1) is 19.3 Å². The largest absolute Gasteiger partial charge is 0.318 e. The van der Waals surface area contributed by atoms with E-state index >= 15 is 0 Å². The Morgan fingerprint density at radius 3 is 2.52 bits per heavy atom. The zero-order valence-electron chi connectivity index (χ0n) is 13.6. The maximum Gasteiger partial charge on any atom is 0.246 e. The molecule has 0 saturated carbocycles. The smallest absolute Gasteiger partial charge is 0.246 e. The first kappa shape index (κ1) is 16.5. The van der Waals surface area contributed by atoms with Gasteiger partial charge in [0.1, 0.15) is 4.90 Å². The first-order valence-corrected chi connectivity index (χ1v) is 8.82. The van der Waals surface area contributed by atoms with Crippen molar-refractivity contribution in [3.8, 4) is 0 Å². The highest BCUT2D eigenvalue weighted by Crippen LogP contribution is 2.34. The van der Waals surface area contributed by atoms with E-state index in [1.165, 1.54) is 0 Å². The molecule has 7 heteroatoms. The predicted molar refractivity (Wildman–Crippen MR) is 82.8 cm³/mol. The van der Waals surface area contributed by atoms with Crippen molar-refractivity contribution in [2.24, 2.45) is 5.41 Å². The molecule has 6 nitrogen and oxygen atoms in total. The van der Waals surface area contributed by atoms with E-state index in [9.17, 15) is 8.42 Å². The summed E-state index contributed by atoms with van der Waals surface area (Å²) in [6, 6.07) is 0. The van der Waals surface area contributed by atoms with E-state index in [1.807, 2.05) is 14.0 Å². The Morgan fingerprint density at radius 1 is 1.33 bits per heavy atom. The zero-order chi connectivity index (χ0) is 15.8. The molecule has 1 saturated heterocycles. The summed E-state index contributed by atoms with van der Waals surface area (Å²) in [5.74, 6) is 0. The van der Waals surface area contributed by atoms with Crippen molar-refractivity contribution in [3.05, 3.63) is 11.4 Å². The Kier molecular flexibility index (Phi) is 4.46. The van der Waals surface area contributed by atoms with Crippen molar-refractivity contribution >= 4 is 10.0 Å². The minimum Gasteiger partial charge on any atom is -0.318 e. The molecule has 2 heterocycles. The molecule has 0 atom stereocenters. The number of hydrogen-bond donors (Lipinski definition) is 1. The summed E-state index contributed by atoms with van der Waals surface area (Å²) in [6.07, 6.45) is 0.901. The third-order valence-electron chi connectivity index (χ3n) is 4.13. The lowest BCUT2D eigenvalue weighted by molar-refractivity contribution is 0.375. The van der Waals surface area contributed by atoms with E-state index in [2.05, 4.69) is 24.3 Å². The van der Waals surface area contributed by atoms with Gasteiger partial charge in [0.2, 0.25) is 10.0 Å². The Bertz CT molecular complexity index is 619. The number of nitrogens with one attached hydrogen (secondary N) is 1. The van der Waals surface area contributed by atoms with Crippen LogP contribution in [-0.2, 0) is 16.6 Å². The molecule has 0 bridgehead atoms. The van der Waals surface area contributed by atoms with Crippen molar-refractivity contribution in [2.45, 2.75) is 45.6 Å². The monoisotopic (exact) mass is 314 g/mol. The van der Waals surface area contributed by atoms with Crippen LogP contribution in [0.15, 0.2) is 4.90 Å². The van der Waals surface area contributed by atoms with Gasteiger partial charge in [-0.25, -0.2) is 8.42 Å². The molecule has 1 aromatic heterocycles. The molecular formula is C14H26N4O2S. The molecule has 21 heavy (non-hydrogen) atoms. The minimum absolute atomic E-state index is 0.0526. The number of hydrogen-bond acceptors (Lipinski definition) is 4. The molecule has 1 N–H and O–H groups in total. The highest BCUT2D eigenvalue weighted by Gasteiger charge is 2.39. The van der Waals surface area contributed by atoms with E-state index < -0.39 is 10.0 Å². The van der Waals surface area contributed by atoms with E-state index in [0.717, 1.165) is 18.7 Å². The van der Waals surface area contributed by atoms with Crippen molar-refractivity contribution in [3.63, 3.8) is 0 Å². The van der Waals surface area contributed by atoms with Crippen molar-refractivity contribution < 1.29 is 8.42 Å². The quantitative estimate of drug-likeness (QED) is 0.885. The minimum atomic E-state index is -3.45. The van der Waals surface area contributed by atoms with Gasteiger partial charge in [0.15, 0.2) is 0 Å². The molecule has 1 aliphatic rings. The van der Waals surface area contributed by atoms with E-state index in [4.69, 9.17) is 0 Å². The van der Waals surface area contributed by atoms with E-state index in [-0.39, 0.29) is 5.41 Å². The summed E-state index contributed by atoms with van der Waals surface area (Å²) in [5.41, 5.74) is 1.37. The predicted octanol–water partition coefficient (Wildman–Crippen LogP) is 1.14. The van der Waals surface area contributed by atoms with Crippen LogP contribution in [0.25, 0.3) is 0 Å². The average molecular weight is 314 g/mol. The maximum absolute atomic E-state index is 12.9. The summed E-state index contributed by atoms with van der Waals surface area (Å²) >= 11 is 0. The van der Waals surface area contributed by atoms with Crippen LogP contribution in [-0.4, -0.2) is 49.2 Å². The van der Waals surface area contributed by atoms with Crippen LogP contribution < -0.4 is 5.32 Å². The standard InChI is InChI=1S/C14H26N4O2S/c1-11-13(12(2)18(16-11)9-7-15-5)21(19,20)17-8-6-14(3,4)10-17/h15H,6-10H2,1-5H3. The van der Waals surface area contributed by atoms with Gasteiger partial charge in [-0.15, -0.1) is 0 Å². The van der Waals surface area contributed by atoms with Gasteiger partial charge in [0.05, 0.1) is 17.9 Å². The molecule has 2 rings (SSSR count). The van der Waals surface area contributed by atoms with Gasteiger partial charge in [0.25, 0.3) is 0 Å². The number of nitrogens with zero attached hydrogens (tertiary/aromatic N) is 3. The van der Waals surface area contributed by atoms with Crippen molar-refractivity contribution in [1.29, 1.82) is 0 Å². The second-order valence-electron chi connectivity index (χ2n) is 6.58. The number of aryl methyl sites for hydroxylation is 1. The first-order chi connectivity index (χ1) is 9.69. The van der Waals surface area contributed by atoms with Gasteiger partial charge >= 0.3 is 0 Å². The van der Waals surface area contributed by atoms with Crippen LogP contribution in [0.5, 0.6) is 0 Å². The van der Waals surface area contributed by atoms with Gasteiger partial charge < -0.3 is 5.32 Å². The molecule has 0 aromatic carbocycles. The number of aromatic nitrogens is 2. The lowest BCUT2D eigenvalue weighted by atomic mass is 9.93. The van der Waals surface area contributed by atoms with Crippen LogP contribution in [0.1, 0.15) is 31.7 Å². The fraction of sp³-hybridized carbons (Fsp3) is 0.786. The van der Waals surface area contributed by atoms with Gasteiger partial charge in [0, 0.05) is 19.6 Å². The van der Waals surface area contributed by atoms with Crippen LogP contribution in [0.2, 0.25) is 0 Å². The maximum atomic E-state index is 12.9. The Labute approximate surface area is 127 Å². The Morgan fingerprint density at radius 2 is 2.00 bits per heavy atom. The highest BCUT2D eigenvalue weighted by atomic mass is 32.2. The zero-order valence-corrected chi connectivity index (χ0v) is 14.4. The Hall–Kier alpha value is -0.920. The van der Waals surface area contributed by atoms with Crippen LogP contribution in [0.3, 0.4) is 0 Å². The lowest BCUT2D eigenvalue weighted by Crippen LogP contribution is -2.31. The molecule has 0 aliphatic carbocycles. The van der Waals surface area contributed by atoms with Gasteiger partial charge in [-0.3, -0.25) is 4.68 Å². The normalized spacial score (nSPS) is 19.3. The summed E-state index contributed by atoms with van der Waals surface area (Å²) < 4.78 is 29.2. The molecule has 0 amide bonds. The molecule has 120 valence electrons. The molecule has 1 aliphatic heterocycles. The SMILES string of the molecule is CNCCn1nc(C)c(S(=O)(=O)N2CCC(C)(C)C2)c1C. The fourth-order valence-corrected chi connectivity index (χ4v) is 4.89. The average Bonchev–Trinajstić information content (AvgIpc) is 2.87. The van der Waals surface area contributed by atoms with Gasteiger partial charge in [-0.05, 0) is 32.7 Å². The summed E-state index contributed by atoms with van der Waals surface area (Å²) in [5, 5.41) is 7.45. The molecule has 0 radical (unpaired) electrons. The summed E-state index contributed by atoms with van der Waals surface area (Å²) in [6.45, 7) is 10.4. The lowest BCUT2D eigenvalue weighted by Gasteiger charge is -2.20. The van der Waals surface area contributed by atoms with Gasteiger partial charge in [-0.1, -0.05) is 13.8 Å². The molecule has 0 spiro atoms.